The van der Waals surface area contributed by atoms with E-state index in [1.807, 2.05) is 6.07 Å². The highest BCUT2D eigenvalue weighted by molar-refractivity contribution is 6.09. The number of hydrogen-bond acceptors (Lipinski definition) is 3. The van der Waals surface area contributed by atoms with Crippen molar-refractivity contribution in [1.82, 2.24) is 0 Å². The first-order valence-corrected chi connectivity index (χ1v) is 9.90. The third-order valence-electron chi connectivity index (χ3n) is 6.42. The van der Waals surface area contributed by atoms with Crippen molar-refractivity contribution in [2.24, 2.45) is 0 Å². The molecule has 1 N–H and O–H groups in total. The Balaban J connectivity index is 1.77. The molecule has 1 saturated heterocycles. The summed E-state index contributed by atoms with van der Waals surface area (Å²) in [5.41, 5.74) is 6.77. The summed E-state index contributed by atoms with van der Waals surface area (Å²) in [7, 11) is 0. The Hall–Kier alpha value is -2.78. The van der Waals surface area contributed by atoms with Crippen molar-refractivity contribution >= 4 is 22.0 Å². The molecule has 3 aromatic rings. The Bertz CT molecular complexity index is 1110. The molecule has 28 heavy (non-hydrogen) atoms. The van der Waals surface area contributed by atoms with E-state index in [1.165, 1.54) is 16.7 Å². The van der Waals surface area contributed by atoms with Gasteiger partial charge in [-0.3, -0.25) is 0 Å². The van der Waals surface area contributed by atoms with Crippen LogP contribution in [0.3, 0.4) is 0 Å². The molecule has 2 aliphatic rings. The maximum absolute atomic E-state index is 10.9. The molecule has 0 amide bonds. The van der Waals surface area contributed by atoms with Crippen LogP contribution in [-0.2, 0) is 10.2 Å². The van der Waals surface area contributed by atoms with E-state index in [4.69, 9.17) is 4.74 Å². The van der Waals surface area contributed by atoms with E-state index in [1.54, 1.807) is 0 Å². The summed E-state index contributed by atoms with van der Waals surface area (Å²) >= 11 is 0. The molecule has 3 aromatic carbocycles. The molecule has 5 rings (SSSR count). The highest BCUT2D eigenvalue weighted by atomic mass is 16.5. The molecule has 0 saturated carbocycles. The van der Waals surface area contributed by atoms with Gasteiger partial charge in [-0.25, -0.2) is 0 Å². The van der Waals surface area contributed by atoms with Gasteiger partial charge in [0, 0.05) is 29.6 Å². The number of ether oxygens (including phenoxy) is 1. The first-order chi connectivity index (χ1) is 13.5. The van der Waals surface area contributed by atoms with Crippen molar-refractivity contribution in [2.45, 2.75) is 19.3 Å². The Morgan fingerprint density at radius 2 is 1.71 bits per heavy atom. The molecule has 1 heterocycles. The number of nitrogens with zero attached hydrogens (tertiary/aromatic N) is 1. The smallest absolute Gasteiger partial charge is 0.124 e. The van der Waals surface area contributed by atoms with Gasteiger partial charge in [-0.1, -0.05) is 50.8 Å². The summed E-state index contributed by atoms with van der Waals surface area (Å²) in [6, 6.07) is 16.9. The molecule has 3 heteroatoms. The molecular weight excluding hydrogens is 346 g/mol. The third kappa shape index (κ3) is 2.39. The summed E-state index contributed by atoms with van der Waals surface area (Å²) in [5.74, 6) is 0.320. The van der Waals surface area contributed by atoms with Crippen molar-refractivity contribution in [1.29, 1.82) is 0 Å². The van der Waals surface area contributed by atoms with Gasteiger partial charge in [-0.05, 0) is 51.4 Å². The fourth-order valence-corrected chi connectivity index (χ4v) is 4.69. The fourth-order valence-electron chi connectivity index (χ4n) is 4.69. The van der Waals surface area contributed by atoms with Gasteiger partial charge in [0.15, 0.2) is 0 Å². The van der Waals surface area contributed by atoms with Gasteiger partial charge in [0.1, 0.15) is 5.75 Å². The second kappa shape index (κ2) is 6.11. The number of morpholine rings is 1. The number of hydrogen-bond donors (Lipinski definition) is 1. The van der Waals surface area contributed by atoms with E-state index in [0.717, 1.165) is 53.9 Å². The number of rotatable bonds is 1. The van der Waals surface area contributed by atoms with E-state index in [2.05, 4.69) is 67.8 Å². The molecule has 0 unspecified atom stereocenters. The van der Waals surface area contributed by atoms with Crippen molar-refractivity contribution in [3.05, 3.63) is 66.2 Å². The Morgan fingerprint density at radius 1 is 0.964 bits per heavy atom. The van der Waals surface area contributed by atoms with Gasteiger partial charge in [0.25, 0.3) is 0 Å². The number of anilines is 1. The van der Waals surface area contributed by atoms with Gasteiger partial charge in [0.2, 0.25) is 0 Å². The molecule has 0 bridgehead atoms. The van der Waals surface area contributed by atoms with Crippen molar-refractivity contribution < 1.29 is 9.84 Å². The monoisotopic (exact) mass is 371 g/mol. The topological polar surface area (TPSA) is 32.7 Å². The maximum Gasteiger partial charge on any atom is 0.124 e. The zero-order chi connectivity index (χ0) is 19.5. The molecule has 0 aromatic heterocycles. The molecule has 3 nitrogen and oxygen atoms in total. The standard InChI is InChI=1S/C25H25NO2/c1-16-20-15-23(27)21-14-17(26-10-12-28-13-11-26)8-9-18(21)24(20)19-6-4-5-7-22(19)25(16,2)3/h4-9,14-15,27H,1,10-13H2,2-3H3. The molecular formula is C25H25NO2. The fraction of sp³-hybridized carbons (Fsp3) is 0.280. The van der Waals surface area contributed by atoms with Crippen LogP contribution in [0.25, 0.3) is 27.5 Å². The first-order valence-electron chi connectivity index (χ1n) is 9.90. The molecule has 0 radical (unpaired) electrons. The van der Waals surface area contributed by atoms with E-state index in [-0.39, 0.29) is 5.41 Å². The van der Waals surface area contributed by atoms with E-state index in [9.17, 15) is 5.11 Å². The van der Waals surface area contributed by atoms with Crippen LogP contribution >= 0.6 is 0 Å². The van der Waals surface area contributed by atoms with Crippen LogP contribution in [-0.4, -0.2) is 31.4 Å². The highest BCUT2D eigenvalue weighted by Crippen LogP contribution is 2.52. The largest absolute Gasteiger partial charge is 0.507 e. The van der Waals surface area contributed by atoms with Crippen LogP contribution in [0.4, 0.5) is 5.69 Å². The first kappa shape index (κ1) is 17.3. The zero-order valence-corrected chi connectivity index (χ0v) is 16.5. The van der Waals surface area contributed by atoms with Crippen LogP contribution < -0.4 is 4.90 Å². The maximum atomic E-state index is 10.9. The van der Waals surface area contributed by atoms with Crippen LogP contribution in [0.5, 0.6) is 5.75 Å². The van der Waals surface area contributed by atoms with Crippen LogP contribution in [0.15, 0.2) is 55.1 Å². The highest BCUT2D eigenvalue weighted by Gasteiger charge is 2.35. The normalized spacial score (nSPS) is 18.1. The van der Waals surface area contributed by atoms with Gasteiger partial charge in [0.05, 0.1) is 13.2 Å². The second-order valence-corrected chi connectivity index (χ2v) is 8.30. The van der Waals surface area contributed by atoms with Gasteiger partial charge < -0.3 is 14.7 Å². The van der Waals surface area contributed by atoms with Gasteiger partial charge in [-0.2, -0.15) is 0 Å². The molecule has 1 fully saturated rings. The summed E-state index contributed by atoms with van der Waals surface area (Å²) in [6.07, 6.45) is 0. The molecule has 0 spiro atoms. The Labute approximate surface area is 165 Å². The van der Waals surface area contributed by atoms with E-state index in [0.29, 0.717) is 5.75 Å². The van der Waals surface area contributed by atoms with Crippen LogP contribution in [0.1, 0.15) is 25.0 Å². The van der Waals surface area contributed by atoms with Crippen molar-refractivity contribution in [2.75, 3.05) is 31.2 Å². The zero-order valence-electron chi connectivity index (χ0n) is 16.5. The average Bonchev–Trinajstić information content (AvgIpc) is 2.73. The minimum atomic E-state index is -0.169. The predicted octanol–water partition coefficient (Wildman–Crippen LogP) is 5.35. The number of benzene rings is 3. The second-order valence-electron chi connectivity index (χ2n) is 8.30. The lowest BCUT2D eigenvalue weighted by Crippen LogP contribution is -2.36. The summed E-state index contributed by atoms with van der Waals surface area (Å²) in [4.78, 5) is 2.32. The van der Waals surface area contributed by atoms with E-state index >= 15 is 0 Å². The Kier molecular flexibility index (Phi) is 3.78. The van der Waals surface area contributed by atoms with Crippen molar-refractivity contribution in [3.63, 3.8) is 0 Å². The summed E-state index contributed by atoms with van der Waals surface area (Å²) in [6.45, 7) is 12.1. The quantitative estimate of drug-likeness (QED) is 0.626. The molecule has 0 atom stereocenters. The molecule has 142 valence electrons. The molecule has 1 aliphatic heterocycles. The third-order valence-corrected chi connectivity index (χ3v) is 6.42. The predicted molar refractivity (Wildman–Crippen MR) is 116 cm³/mol. The number of phenolic OH excluding ortho intramolecular Hbond substituents is 1. The van der Waals surface area contributed by atoms with Gasteiger partial charge in [-0.15, -0.1) is 0 Å². The number of aromatic hydroxyl groups is 1. The Morgan fingerprint density at radius 3 is 2.50 bits per heavy atom. The van der Waals surface area contributed by atoms with Gasteiger partial charge >= 0.3 is 0 Å². The summed E-state index contributed by atoms with van der Waals surface area (Å²) in [5, 5.41) is 12.9. The lowest BCUT2D eigenvalue weighted by Gasteiger charge is -2.37. The lowest BCUT2D eigenvalue weighted by atomic mass is 9.66. The van der Waals surface area contributed by atoms with Crippen LogP contribution in [0.2, 0.25) is 0 Å². The number of fused-ring (bicyclic) bond motifs is 5. The number of phenols is 1. The number of allylic oxidation sites excluding steroid dienone is 1. The van der Waals surface area contributed by atoms with Crippen LogP contribution in [0, 0.1) is 0 Å². The minimum Gasteiger partial charge on any atom is -0.507 e. The summed E-state index contributed by atoms with van der Waals surface area (Å²) < 4.78 is 5.48. The van der Waals surface area contributed by atoms with E-state index < -0.39 is 0 Å². The lowest BCUT2D eigenvalue weighted by molar-refractivity contribution is 0.122. The molecule has 1 aliphatic carbocycles. The SMILES string of the molecule is C=C1c2cc(O)c3cc(N4CCOCC4)ccc3c2-c2ccccc2C1(C)C. The average molecular weight is 371 g/mol. The van der Waals surface area contributed by atoms with Crippen molar-refractivity contribution in [3.8, 4) is 16.9 Å². The minimum absolute atomic E-state index is 0.169.